The maximum absolute atomic E-state index is 13.0. The molecule has 3 aromatic heterocycles. The molecule has 4 rings (SSSR count). The smallest absolute Gasteiger partial charge is 0.263 e. The molecule has 0 amide bonds. The summed E-state index contributed by atoms with van der Waals surface area (Å²) >= 11 is 3.04. The Morgan fingerprint density at radius 1 is 1.19 bits per heavy atom. The van der Waals surface area contributed by atoms with E-state index in [4.69, 9.17) is 0 Å². The van der Waals surface area contributed by atoms with Crippen LogP contribution < -0.4 is 5.56 Å². The number of hydrogen-bond donors (Lipinski definition) is 0. The van der Waals surface area contributed by atoms with E-state index in [1.165, 1.54) is 22.2 Å². The van der Waals surface area contributed by atoms with E-state index in [-0.39, 0.29) is 17.9 Å². The highest BCUT2D eigenvalue weighted by Crippen LogP contribution is 2.30. The summed E-state index contributed by atoms with van der Waals surface area (Å²) in [6.45, 7) is 3.91. The molecule has 6 heteroatoms. The molecule has 0 atom stereocenters. The first-order valence-corrected chi connectivity index (χ1v) is 9.86. The van der Waals surface area contributed by atoms with Crippen LogP contribution in [0, 0.1) is 13.8 Å². The van der Waals surface area contributed by atoms with Crippen molar-refractivity contribution >= 4 is 38.7 Å². The van der Waals surface area contributed by atoms with Crippen LogP contribution in [-0.4, -0.2) is 15.3 Å². The Hall–Kier alpha value is -2.57. The number of fused-ring (bicyclic) bond motifs is 1. The van der Waals surface area contributed by atoms with Crippen LogP contribution in [-0.2, 0) is 6.54 Å². The van der Waals surface area contributed by atoms with Crippen molar-refractivity contribution < 1.29 is 4.79 Å². The van der Waals surface area contributed by atoms with Gasteiger partial charge in [-0.05, 0) is 25.5 Å². The van der Waals surface area contributed by atoms with Gasteiger partial charge in [-0.15, -0.1) is 22.7 Å². The second-order valence-corrected chi connectivity index (χ2v) is 8.44. The van der Waals surface area contributed by atoms with Crippen LogP contribution in [0.1, 0.15) is 20.1 Å². The molecule has 4 aromatic rings. The zero-order valence-electron chi connectivity index (χ0n) is 14.4. The van der Waals surface area contributed by atoms with E-state index >= 15 is 0 Å². The van der Waals surface area contributed by atoms with Crippen LogP contribution in [0.5, 0.6) is 0 Å². The number of aromatic nitrogens is 2. The van der Waals surface area contributed by atoms with E-state index in [2.05, 4.69) is 4.98 Å². The number of Topliss-reactive ketones (excluding diaryl/α,β-unsaturated/α-hetero) is 1. The third kappa shape index (κ3) is 2.91. The Morgan fingerprint density at radius 2 is 1.96 bits per heavy atom. The van der Waals surface area contributed by atoms with Gasteiger partial charge in [0.15, 0.2) is 5.78 Å². The highest BCUT2D eigenvalue weighted by atomic mass is 32.1. The van der Waals surface area contributed by atoms with E-state index in [1.54, 1.807) is 11.3 Å². The summed E-state index contributed by atoms with van der Waals surface area (Å²) in [5, 5.41) is 2.53. The minimum absolute atomic E-state index is 0.00284. The molecule has 0 aliphatic carbocycles. The predicted molar refractivity (Wildman–Crippen MR) is 107 cm³/mol. The van der Waals surface area contributed by atoms with Gasteiger partial charge in [-0.2, -0.15) is 0 Å². The summed E-state index contributed by atoms with van der Waals surface area (Å²) in [6.07, 6.45) is 1.47. The van der Waals surface area contributed by atoms with Gasteiger partial charge in [0.25, 0.3) is 5.56 Å². The van der Waals surface area contributed by atoms with Crippen molar-refractivity contribution in [3.8, 4) is 11.1 Å². The lowest BCUT2D eigenvalue weighted by atomic mass is 10.1. The monoisotopic (exact) mass is 380 g/mol. The topological polar surface area (TPSA) is 52.0 Å². The van der Waals surface area contributed by atoms with E-state index in [0.717, 1.165) is 20.9 Å². The number of ketones is 1. The van der Waals surface area contributed by atoms with Crippen molar-refractivity contribution in [2.75, 3.05) is 0 Å². The molecule has 0 aliphatic heterocycles. The van der Waals surface area contributed by atoms with Gasteiger partial charge in [0, 0.05) is 26.3 Å². The van der Waals surface area contributed by atoms with Crippen molar-refractivity contribution in [1.29, 1.82) is 0 Å². The molecule has 0 spiro atoms. The Balaban J connectivity index is 1.77. The van der Waals surface area contributed by atoms with Crippen molar-refractivity contribution in [3.05, 3.63) is 73.8 Å². The van der Waals surface area contributed by atoms with Crippen LogP contribution in [0.3, 0.4) is 0 Å². The predicted octanol–water partition coefficient (Wildman–Crippen LogP) is 4.69. The molecule has 0 saturated heterocycles. The van der Waals surface area contributed by atoms with Crippen molar-refractivity contribution in [1.82, 2.24) is 9.55 Å². The third-order valence-electron chi connectivity index (χ3n) is 4.30. The van der Waals surface area contributed by atoms with E-state index < -0.39 is 0 Å². The molecule has 130 valence electrons. The average molecular weight is 380 g/mol. The van der Waals surface area contributed by atoms with Gasteiger partial charge in [0.05, 0.1) is 18.3 Å². The zero-order chi connectivity index (χ0) is 18.3. The van der Waals surface area contributed by atoms with Crippen LogP contribution >= 0.6 is 22.7 Å². The minimum atomic E-state index is -0.173. The summed E-state index contributed by atoms with van der Waals surface area (Å²) in [5.41, 5.74) is 2.36. The molecule has 0 saturated carbocycles. The van der Waals surface area contributed by atoms with Gasteiger partial charge in [-0.3, -0.25) is 14.2 Å². The minimum Gasteiger partial charge on any atom is -0.292 e. The van der Waals surface area contributed by atoms with Gasteiger partial charge >= 0.3 is 0 Å². The molecule has 3 heterocycles. The number of thiophene rings is 2. The van der Waals surface area contributed by atoms with Crippen LogP contribution in [0.4, 0.5) is 0 Å². The number of aryl methyl sites for hydroxylation is 2. The Bertz CT molecular complexity index is 1170. The largest absolute Gasteiger partial charge is 0.292 e. The number of hydrogen-bond acceptors (Lipinski definition) is 5. The summed E-state index contributed by atoms with van der Waals surface area (Å²) in [4.78, 5) is 32.8. The molecule has 0 fully saturated rings. The number of benzene rings is 1. The first-order valence-electron chi connectivity index (χ1n) is 8.17. The maximum Gasteiger partial charge on any atom is 0.263 e. The fraction of sp³-hybridized carbons (Fsp3) is 0.150. The molecule has 0 aliphatic rings. The molecule has 26 heavy (non-hydrogen) atoms. The Morgan fingerprint density at radius 3 is 2.65 bits per heavy atom. The van der Waals surface area contributed by atoms with E-state index in [0.29, 0.717) is 15.8 Å². The summed E-state index contributed by atoms with van der Waals surface area (Å²) in [7, 11) is 0. The highest BCUT2D eigenvalue weighted by Gasteiger charge is 2.17. The van der Waals surface area contributed by atoms with Gasteiger partial charge < -0.3 is 0 Å². The van der Waals surface area contributed by atoms with Crippen molar-refractivity contribution in [2.24, 2.45) is 0 Å². The Kier molecular flexibility index (Phi) is 4.30. The molecular formula is C20H16N2O2S2. The first kappa shape index (κ1) is 16.9. The molecule has 0 radical (unpaired) electrons. The van der Waals surface area contributed by atoms with Crippen LogP contribution in [0.2, 0.25) is 0 Å². The number of nitrogens with zero attached hydrogens (tertiary/aromatic N) is 2. The molecule has 1 aromatic carbocycles. The van der Waals surface area contributed by atoms with Crippen LogP contribution in [0.15, 0.2) is 52.9 Å². The SMILES string of the molecule is Cc1cc(C(=O)Cn2cnc3scc(-c4ccccc4)c3c2=O)c(C)s1. The average Bonchev–Trinajstić information content (AvgIpc) is 3.21. The fourth-order valence-corrected chi connectivity index (χ4v) is 4.91. The van der Waals surface area contributed by atoms with Crippen LogP contribution in [0.25, 0.3) is 21.3 Å². The maximum atomic E-state index is 13.0. The lowest BCUT2D eigenvalue weighted by molar-refractivity contribution is 0.0970. The van der Waals surface area contributed by atoms with Gasteiger partial charge in [0.1, 0.15) is 4.83 Å². The molecular weight excluding hydrogens is 364 g/mol. The Labute approximate surface area is 158 Å². The standard InChI is InChI=1S/C20H16N2O2S2/c1-12-8-15(13(2)26-12)17(23)9-22-11-21-19-18(20(22)24)16(10-25-19)14-6-4-3-5-7-14/h3-8,10-11H,9H2,1-2H3. The quantitative estimate of drug-likeness (QED) is 0.483. The molecule has 4 nitrogen and oxygen atoms in total. The number of carbonyl (C=O) groups excluding carboxylic acids is 1. The lowest BCUT2D eigenvalue weighted by Gasteiger charge is -2.06. The summed E-state index contributed by atoms with van der Waals surface area (Å²) in [5.74, 6) is -0.0633. The van der Waals surface area contributed by atoms with E-state index in [1.807, 2.05) is 55.6 Å². The van der Waals surface area contributed by atoms with Gasteiger partial charge in [0.2, 0.25) is 0 Å². The number of carbonyl (C=O) groups is 1. The highest BCUT2D eigenvalue weighted by molar-refractivity contribution is 7.17. The fourth-order valence-electron chi connectivity index (χ4n) is 3.06. The summed E-state index contributed by atoms with van der Waals surface area (Å²) < 4.78 is 1.41. The molecule has 0 N–H and O–H groups in total. The van der Waals surface area contributed by atoms with Crippen molar-refractivity contribution in [2.45, 2.75) is 20.4 Å². The number of rotatable bonds is 4. The lowest BCUT2D eigenvalue weighted by Crippen LogP contribution is -2.24. The molecule has 0 unspecified atom stereocenters. The first-order chi connectivity index (χ1) is 12.5. The van der Waals surface area contributed by atoms with Gasteiger partial charge in [-0.25, -0.2) is 4.98 Å². The second kappa shape index (κ2) is 6.63. The van der Waals surface area contributed by atoms with Gasteiger partial charge in [-0.1, -0.05) is 30.3 Å². The second-order valence-electron chi connectivity index (χ2n) is 6.12. The molecule has 0 bridgehead atoms. The normalized spacial score (nSPS) is 11.2. The van der Waals surface area contributed by atoms with Crippen molar-refractivity contribution in [3.63, 3.8) is 0 Å². The van der Waals surface area contributed by atoms with E-state index in [9.17, 15) is 9.59 Å². The summed E-state index contributed by atoms with van der Waals surface area (Å²) in [6, 6.07) is 11.7. The zero-order valence-corrected chi connectivity index (χ0v) is 16.0. The third-order valence-corrected chi connectivity index (χ3v) is 6.15.